The molecule has 0 bridgehead atoms. The first-order valence-electron chi connectivity index (χ1n) is 8.09. The highest BCUT2D eigenvalue weighted by Crippen LogP contribution is 2.25. The Kier molecular flexibility index (Phi) is 5.46. The summed E-state index contributed by atoms with van der Waals surface area (Å²) in [6.07, 6.45) is 0.626. The third-order valence-electron chi connectivity index (χ3n) is 3.77. The van der Waals surface area contributed by atoms with Gasteiger partial charge in [0, 0.05) is 11.3 Å². The van der Waals surface area contributed by atoms with Gasteiger partial charge in [-0.25, -0.2) is 0 Å². The number of rotatable bonds is 6. The van der Waals surface area contributed by atoms with E-state index in [9.17, 15) is 4.79 Å². The first-order valence-corrected chi connectivity index (χ1v) is 8.09. The average molecular weight is 327 g/mol. The molecule has 2 aromatic rings. The Hall–Kier alpha value is -2.37. The van der Waals surface area contributed by atoms with Crippen molar-refractivity contribution in [2.75, 3.05) is 25.1 Å². The third-order valence-corrected chi connectivity index (χ3v) is 3.77. The lowest BCUT2D eigenvalue weighted by atomic mass is 10.2. The van der Waals surface area contributed by atoms with Crippen LogP contribution in [0.3, 0.4) is 0 Å². The van der Waals surface area contributed by atoms with Gasteiger partial charge in [0.25, 0.3) is 5.91 Å². The topological polar surface area (TPSA) is 56.8 Å². The molecule has 1 amide bonds. The molecule has 0 unspecified atom stereocenters. The number of carbonyl (C=O) groups excluding carboxylic acids is 1. The molecule has 0 aromatic heterocycles. The van der Waals surface area contributed by atoms with Gasteiger partial charge >= 0.3 is 0 Å². The second kappa shape index (κ2) is 7.95. The average Bonchev–Trinajstić information content (AvgIpc) is 3.15. The van der Waals surface area contributed by atoms with E-state index in [1.54, 1.807) is 0 Å². The van der Waals surface area contributed by atoms with Crippen LogP contribution in [0.1, 0.15) is 24.3 Å². The maximum atomic E-state index is 12.0. The van der Waals surface area contributed by atoms with Crippen LogP contribution in [-0.4, -0.2) is 25.7 Å². The predicted octanol–water partition coefficient (Wildman–Crippen LogP) is 3.31. The van der Waals surface area contributed by atoms with E-state index >= 15 is 0 Å². The molecule has 1 aliphatic heterocycles. The number of aryl methyl sites for hydroxylation is 1. The number of hydrogen-bond donors (Lipinski definition) is 1. The number of anilines is 1. The summed E-state index contributed by atoms with van der Waals surface area (Å²) in [5.41, 5.74) is 2.82. The first kappa shape index (κ1) is 16.5. The molecule has 0 saturated carbocycles. The number of carbonyl (C=O) groups is 1. The summed E-state index contributed by atoms with van der Waals surface area (Å²) < 4.78 is 16.4. The van der Waals surface area contributed by atoms with Gasteiger partial charge < -0.3 is 19.5 Å². The van der Waals surface area contributed by atoms with E-state index in [1.807, 2.05) is 48.5 Å². The van der Waals surface area contributed by atoms with Gasteiger partial charge in [0.2, 0.25) is 0 Å². The summed E-state index contributed by atoms with van der Waals surface area (Å²) in [5, 5.41) is 2.82. The molecule has 1 fully saturated rings. The highest BCUT2D eigenvalue weighted by atomic mass is 16.7. The normalized spacial score (nSPS) is 14.5. The van der Waals surface area contributed by atoms with Crippen LogP contribution in [0, 0.1) is 0 Å². The van der Waals surface area contributed by atoms with E-state index in [2.05, 4.69) is 12.2 Å². The zero-order valence-corrected chi connectivity index (χ0v) is 13.7. The van der Waals surface area contributed by atoms with Crippen molar-refractivity contribution in [2.45, 2.75) is 19.6 Å². The Labute approximate surface area is 141 Å². The van der Waals surface area contributed by atoms with Gasteiger partial charge in [0.15, 0.2) is 12.9 Å². The van der Waals surface area contributed by atoms with E-state index < -0.39 is 0 Å². The molecule has 5 nitrogen and oxygen atoms in total. The van der Waals surface area contributed by atoms with Gasteiger partial charge in [0.1, 0.15) is 5.75 Å². The van der Waals surface area contributed by atoms with Crippen molar-refractivity contribution < 1.29 is 19.0 Å². The van der Waals surface area contributed by atoms with Crippen molar-refractivity contribution in [3.63, 3.8) is 0 Å². The van der Waals surface area contributed by atoms with Crippen LogP contribution >= 0.6 is 0 Å². The molecule has 1 N–H and O–H groups in total. The van der Waals surface area contributed by atoms with Crippen LogP contribution in [0.5, 0.6) is 5.75 Å². The van der Waals surface area contributed by atoms with Crippen molar-refractivity contribution in [1.29, 1.82) is 0 Å². The molecule has 0 spiro atoms. The summed E-state index contributed by atoms with van der Waals surface area (Å²) >= 11 is 0. The van der Waals surface area contributed by atoms with E-state index in [4.69, 9.17) is 14.2 Å². The maximum absolute atomic E-state index is 12.0. The minimum absolute atomic E-state index is 0.0356. The van der Waals surface area contributed by atoms with E-state index in [0.29, 0.717) is 24.7 Å². The number of benzene rings is 2. The molecular formula is C19H21NO4. The van der Waals surface area contributed by atoms with Crippen LogP contribution in [0.4, 0.5) is 5.69 Å². The maximum Gasteiger partial charge on any atom is 0.262 e. The zero-order valence-electron chi connectivity index (χ0n) is 13.7. The van der Waals surface area contributed by atoms with E-state index in [1.165, 1.54) is 5.56 Å². The Balaban J connectivity index is 1.53. The molecule has 24 heavy (non-hydrogen) atoms. The van der Waals surface area contributed by atoms with Gasteiger partial charge in [-0.1, -0.05) is 31.2 Å². The largest absolute Gasteiger partial charge is 0.484 e. The second-order valence-electron chi connectivity index (χ2n) is 5.53. The van der Waals surface area contributed by atoms with Gasteiger partial charge in [-0.2, -0.15) is 0 Å². The molecule has 1 heterocycles. The minimum atomic E-state index is -0.352. The summed E-state index contributed by atoms with van der Waals surface area (Å²) in [5.74, 6) is 0.476. The number of ether oxygens (including phenoxy) is 3. The van der Waals surface area contributed by atoms with Crippen LogP contribution in [0.25, 0.3) is 0 Å². The quantitative estimate of drug-likeness (QED) is 0.884. The van der Waals surface area contributed by atoms with Crippen LogP contribution in [0.15, 0.2) is 48.5 Å². The molecule has 3 rings (SSSR count). The Morgan fingerprint density at radius 1 is 1.17 bits per heavy atom. The van der Waals surface area contributed by atoms with E-state index in [-0.39, 0.29) is 18.8 Å². The van der Waals surface area contributed by atoms with Crippen molar-refractivity contribution in [1.82, 2.24) is 0 Å². The third kappa shape index (κ3) is 4.34. The van der Waals surface area contributed by atoms with Crippen LogP contribution in [-0.2, 0) is 20.7 Å². The number of nitrogens with one attached hydrogen (secondary N) is 1. The van der Waals surface area contributed by atoms with Crippen molar-refractivity contribution in [3.8, 4) is 5.75 Å². The second-order valence-corrected chi connectivity index (χ2v) is 5.53. The molecule has 0 radical (unpaired) electrons. The summed E-state index contributed by atoms with van der Waals surface area (Å²) in [7, 11) is 0. The molecule has 126 valence electrons. The Bertz CT molecular complexity index is 678. The Morgan fingerprint density at radius 3 is 2.62 bits per heavy atom. The molecule has 1 saturated heterocycles. The summed E-state index contributed by atoms with van der Waals surface area (Å²) in [6, 6.07) is 15.2. The van der Waals surface area contributed by atoms with Crippen molar-refractivity contribution in [2.24, 2.45) is 0 Å². The molecular weight excluding hydrogens is 306 g/mol. The highest BCUT2D eigenvalue weighted by molar-refractivity contribution is 5.91. The fourth-order valence-electron chi connectivity index (χ4n) is 2.48. The molecule has 5 heteroatoms. The smallest absolute Gasteiger partial charge is 0.262 e. The molecule has 2 aromatic carbocycles. The number of hydrogen-bond acceptors (Lipinski definition) is 4. The predicted molar refractivity (Wildman–Crippen MR) is 91.0 cm³/mol. The van der Waals surface area contributed by atoms with Crippen LogP contribution in [0.2, 0.25) is 0 Å². The lowest BCUT2D eigenvalue weighted by Gasteiger charge is -2.12. The van der Waals surface area contributed by atoms with Gasteiger partial charge in [-0.3, -0.25) is 4.79 Å². The summed E-state index contributed by atoms with van der Waals surface area (Å²) in [6.45, 7) is 3.24. The van der Waals surface area contributed by atoms with Crippen molar-refractivity contribution >= 4 is 11.6 Å². The molecule has 0 aliphatic carbocycles. The van der Waals surface area contributed by atoms with Crippen molar-refractivity contribution in [3.05, 3.63) is 59.7 Å². The fourth-order valence-corrected chi connectivity index (χ4v) is 2.48. The molecule has 0 atom stereocenters. The standard InChI is InChI=1S/C19H21NO4/c1-2-14-6-8-17(9-7-14)24-13-18(21)20-16-5-3-4-15(12-16)19-22-10-11-23-19/h3-9,12,19H,2,10-11,13H2,1H3,(H,20,21). The first-order chi connectivity index (χ1) is 11.7. The Morgan fingerprint density at radius 2 is 1.92 bits per heavy atom. The van der Waals surface area contributed by atoms with Gasteiger partial charge in [-0.05, 0) is 36.2 Å². The molecule has 1 aliphatic rings. The van der Waals surface area contributed by atoms with Gasteiger partial charge in [0.05, 0.1) is 13.2 Å². The zero-order chi connectivity index (χ0) is 16.8. The van der Waals surface area contributed by atoms with Crippen LogP contribution < -0.4 is 10.1 Å². The number of amides is 1. The SMILES string of the molecule is CCc1ccc(OCC(=O)Nc2cccc(C3OCCO3)c2)cc1. The summed E-state index contributed by atoms with van der Waals surface area (Å²) in [4.78, 5) is 12.0. The fraction of sp³-hybridized carbons (Fsp3) is 0.316. The lowest BCUT2D eigenvalue weighted by Crippen LogP contribution is -2.20. The minimum Gasteiger partial charge on any atom is -0.484 e. The lowest BCUT2D eigenvalue weighted by molar-refractivity contribution is -0.118. The van der Waals surface area contributed by atoms with E-state index in [0.717, 1.165) is 12.0 Å². The highest BCUT2D eigenvalue weighted by Gasteiger charge is 2.18. The van der Waals surface area contributed by atoms with Gasteiger partial charge in [-0.15, -0.1) is 0 Å². The monoisotopic (exact) mass is 327 g/mol.